The van der Waals surface area contributed by atoms with E-state index in [1.165, 1.54) is 14.7 Å². The molecule has 0 radical (unpaired) electrons. The predicted octanol–water partition coefficient (Wildman–Crippen LogP) is 6.26. The van der Waals surface area contributed by atoms with E-state index in [1.54, 1.807) is 0 Å². The molecule has 0 amide bonds. The molecule has 0 aliphatic rings. The van der Waals surface area contributed by atoms with E-state index in [2.05, 4.69) is 78.9 Å². The van der Waals surface area contributed by atoms with E-state index in [0.29, 0.717) is 11.8 Å². The summed E-state index contributed by atoms with van der Waals surface area (Å²) in [7, 11) is -0.121. The van der Waals surface area contributed by atoms with E-state index in [9.17, 15) is 0 Å². The van der Waals surface area contributed by atoms with Gasteiger partial charge in [-0.1, -0.05) is 42.5 Å². The summed E-state index contributed by atoms with van der Waals surface area (Å²) >= 11 is 11.8. The summed E-state index contributed by atoms with van der Waals surface area (Å²) < 4.78 is 0. The first-order chi connectivity index (χ1) is 11.3. The van der Waals surface area contributed by atoms with Gasteiger partial charge in [0, 0.05) is 11.8 Å². The molecule has 0 aliphatic carbocycles. The third-order valence-corrected chi connectivity index (χ3v) is 6.45. The van der Waals surface area contributed by atoms with Gasteiger partial charge in [0.2, 0.25) is 0 Å². The molecule has 0 bridgehead atoms. The molecule has 0 aliphatic heterocycles. The standard InChI is InChI=1S/C20H17Cl2S/c21-14-16-6-10-19(11-7-16)23(18-4-2-1-3-5-18)20-12-8-17(15-22)9-13-20/h1-13H,14-15H2/q+1. The highest BCUT2D eigenvalue weighted by molar-refractivity contribution is 7.97. The molecule has 3 rings (SSSR count). The minimum atomic E-state index is -0.121. The van der Waals surface area contributed by atoms with Crippen LogP contribution in [0.15, 0.2) is 93.5 Å². The fourth-order valence-corrected chi connectivity index (χ4v) is 4.81. The summed E-state index contributed by atoms with van der Waals surface area (Å²) in [6, 6.07) is 27.8. The quantitative estimate of drug-likeness (QED) is 0.372. The maximum atomic E-state index is 5.92. The molecule has 3 aromatic rings. The lowest BCUT2D eigenvalue weighted by Crippen LogP contribution is -2.04. The largest absolute Gasteiger partial charge is 0.166 e. The lowest BCUT2D eigenvalue weighted by molar-refractivity contribution is 1.27. The summed E-state index contributed by atoms with van der Waals surface area (Å²) in [4.78, 5) is 3.90. The van der Waals surface area contributed by atoms with Crippen LogP contribution in [0.1, 0.15) is 11.1 Å². The number of rotatable bonds is 5. The molecule has 0 unspecified atom stereocenters. The SMILES string of the molecule is ClCc1ccc([S+](c2ccccc2)c2ccc(CCl)cc2)cc1. The second kappa shape index (κ2) is 7.92. The summed E-state index contributed by atoms with van der Waals surface area (Å²) in [6.45, 7) is 0. The monoisotopic (exact) mass is 359 g/mol. The number of hydrogen-bond donors (Lipinski definition) is 0. The highest BCUT2D eigenvalue weighted by Crippen LogP contribution is 2.31. The van der Waals surface area contributed by atoms with Crippen LogP contribution in [-0.2, 0) is 22.7 Å². The average molecular weight is 360 g/mol. The molecule has 0 N–H and O–H groups in total. The Bertz CT molecular complexity index is 689. The molecule has 0 fully saturated rings. The van der Waals surface area contributed by atoms with Gasteiger partial charge in [-0.2, -0.15) is 0 Å². The first-order valence-electron chi connectivity index (χ1n) is 7.41. The van der Waals surface area contributed by atoms with Crippen LogP contribution in [0.3, 0.4) is 0 Å². The summed E-state index contributed by atoms with van der Waals surface area (Å²) in [5, 5.41) is 0. The van der Waals surface area contributed by atoms with Gasteiger partial charge in [0.1, 0.15) is 0 Å². The van der Waals surface area contributed by atoms with Gasteiger partial charge in [-0.3, -0.25) is 0 Å². The molecule has 0 aromatic heterocycles. The second-order valence-electron chi connectivity index (χ2n) is 5.17. The van der Waals surface area contributed by atoms with Crippen molar-refractivity contribution >= 4 is 34.1 Å². The van der Waals surface area contributed by atoms with E-state index in [-0.39, 0.29) is 10.9 Å². The molecule has 0 atom stereocenters. The van der Waals surface area contributed by atoms with Crippen LogP contribution in [0.4, 0.5) is 0 Å². The Labute approximate surface area is 150 Å². The van der Waals surface area contributed by atoms with Crippen LogP contribution in [0.5, 0.6) is 0 Å². The molecule has 0 saturated heterocycles. The Morgan fingerprint density at radius 3 is 1.30 bits per heavy atom. The van der Waals surface area contributed by atoms with Gasteiger partial charge in [-0.25, -0.2) is 0 Å². The number of hydrogen-bond acceptors (Lipinski definition) is 0. The van der Waals surface area contributed by atoms with Crippen LogP contribution in [0, 0.1) is 0 Å². The minimum absolute atomic E-state index is 0.121. The zero-order valence-electron chi connectivity index (χ0n) is 12.6. The Kier molecular flexibility index (Phi) is 5.66. The maximum Gasteiger partial charge on any atom is 0.166 e. The number of benzene rings is 3. The Morgan fingerprint density at radius 1 is 0.522 bits per heavy atom. The predicted molar refractivity (Wildman–Crippen MR) is 101 cm³/mol. The normalized spacial score (nSPS) is 10.9. The average Bonchev–Trinajstić information content (AvgIpc) is 2.64. The van der Waals surface area contributed by atoms with Gasteiger partial charge in [0.15, 0.2) is 14.7 Å². The van der Waals surface area contributed by atoms with Crippen molar-refractivity contribution in [2.24, 2.45) is 0 Å². The van der Waals surface area contributed by atoms with Crippen LogP contribution < -0.4 is 0 Å². The first kappa shape index (κ1) is 16.4. The Balaban J connectivity index is 2.05. The lowest BCUT2D eigenvalue weighted by Gasteiger charge is -2.09. The number of alkyl halides is 2. The zero-order valence-corrected chi connectivity index (χ0v) is 14.9. The van der Waals surface area contributed by atoms with Crippen molar-refractivity contribution in [2.75, 3.05) is 0 Å². The molecule has 116 valence electrons. The van der Waals surface area contributed by atoms with Gasteiger partial charge in [-0.05, 0) is 47.5 Å². The molecular weight excluding hydrogens is 343 g/mol. The van der Waals surface area contributed by atoms with Gasteiger partial charge >= 0.3 is 0 Å². The van der Waals surface area contributed by atoms with Gasteiger partial charge in [-0.15, -0.1) is 23.2 Å². The highest BCUT2D eigenvalue weighted by atomic mass is 35.5. The summed E-state index contributed by atoms with van der Waals surface area (Å²) in [6.07, 6.45) is 0. The third kappa shape index (κ3) is 3.92. The zero-order chi connectivity index (χ0) is 16.1. The van der Waals surface area contributed by atoms with Crippen LogP contribution >= 0.6 is 23.2 Å². The first-order valence-corrected chi connectivity index (χ1v) is 9.70. The van der Waals surface area contributed by atoms with Crippen LogP contribution in [-0.4, -0.2) is 0 Å². The molecule has 0 heterocycles. The molecule has 0 nitrogen and oxygen atoms in total. The van der Waals surface area contributed by atoms with Crippen molar-refractivity contribution in [3.8, 4) is 0 Å². The maximum absolute atomic E-state index is 5.92. The third-order valence-electron chi connectivity index (χ3n) is 3.61. The summed E-state index contributed by atoms with van der Waals surface area (Å²) in [5.74, 6) is 1.09. The second-order valence-corrected chi connectivity index (χ2v) is 7.74. The van der Waals surface area contributed by atoms with Crippen molar-refractivity contribution in [1.82, 2.24) is 0 Å². The van der Waals surface area contributed by atoms with E-state index in [0.717, 1.165) is 11.1 Å². The molecule has 0 spiro atoms. The van der Waals surface area contributed by atoms with E-state index in [4.69, 9.17) is 23.2 Å². The van der Waals surface area contributed by atoms with Gasteiger partial charge < -0.3 is 0 Å². The van der Waals surface area contributed by atoms with E-state index < -0.39 is 0 Å². The smallest absolute Gasteiger partial charge is 0.122 e. The Morgan fingerprint density at radius 2 is 0.913 bits per heavy atom. The number of halogens is 2. The fraction of sp³-hybridized carbons (Fsp3) is 0.100. The van der Waals surface area contributed by atoms with Crippen molar-refractivity contribution in [1.29, 1.82) is 0 Å². The topological polar surface area (TPSA) is 0 Å². The van der Waals surface area contributed by atoms with Crippen LogP contribution in [0.2, 0.25) is 0 Å². The van der Waals surface area contributed by atoms with Crippen molar-refractivity contribution in [3.63, 3.8) is 0 Å². The summed E-state index contributed by atoms with van der Waals surface area (Å²) in [5.41, 5.74) is 2.29. The lowest BCUT2D eigenvalue weighted by atomic mass is 10.2. The minimum Gasteiger partial charge on any atom is -0.122 e. The molecule has 23 heavy (non-hydrogen) atoms. The fourth-order valence-electron chi connectivity index (χ4n) is 2.39. The van der Waals surface area contributed by atoms with Crippen LogP contribution in [0.25, 0.3) is 0 Å². The van der Waals surface area contributed by atoms with E-state index in [1.807, 2.05) is 0 Å². The van der Waals surface area contributed by atoms with Gasteiger partial charge in [0.05, 0.1) is 10.9 Å². The molecule has 0 saturated carbocycles. The molecule has 3 aromatic carbocycles. The van der Waals surface area contributed by atoms with Crippen molar-refractivity contribution in [2.45, 2.75) is 26.4 Å². The Hall–Kier alpha value is -1.41. The van der Waals surface area contributed by atoms with E-state index >= 15 is 0 Å². The molecule has 3 heteroatoms. The molecular formula is C20H17Cl2S+. The van der Waals surface area contributed by atoms with Gasteiger partial charge in [0.25, 0.3) is 0 Å². The van der Waals surface area contributed by atoms with Crippen molar-refractivity contribution in [3.05, 3.63) is 90.0 Å². The van der Waals surface area contributed by atoms with Crippen molar-refractivity contribution < 1.29 is 0 Å². The highest BCUT2D eigenvalue weighted by Gasteiger charge is 2.28.